The highest BCUT2D eigenvalue weighted by atomic mass is 32.2. The summed E-state index contributed by atoms with van der Waals surface area (Å²) in [4.78, 5) is 25.5. The molecule has 0 saturated heterocycles. The lowest BCUT2D eigenvalue weighted by Crippen LogP contribution is -2.37. The summed E-state index contributed by atoms with van der Waals surface area (Å²) < 4.78 is 5.63. The minimum Gasteiger partial charge on any atom is -0.468 e. The molecule has 2 N–H and O–H groups in total. The second kappa shape index (κ2) is 9.09. The summed E-state index contributed by atoms with van der Waals surface area (Å²) in [6.07, 6.45) is 2.66. The fraction of sp³-hybridized carbons (Fsp3) is 0.320. The maximum atomic E-state index is 13.1. The number of thioether (sulfide) groups is 1. The van der Waals surface area contributed by atoms with Crippen LogP contribution in [0.5, 0.6) is 0 Å². The predicted molar refractivity (Wildman–Crippen MR) is 123 cm³/mol. The van der Waals surface area contributed by atoms with Gasteiger partial charge < -0.3 is 15.1 Å². The van der Waals surface area contributed by atoms with Crippen LogP contribution in [0.1, 0.15) is 43.9 Å². The lowest BCUT2D eigenvalue weighted by Gasteiger charge is -2.38. The van der Waals surface area contributed by atoms with E-state index in [-0.39, 0.29) is 22.9 Å². The van der Waals surface area contributed by atoms with Gasteiger partial charge in [0.15, 0.2) is 5.78 Å². The summed E-state index contributed by atoms with van der Waals surface area (Å²) in [5.74, 6) is 0.0767. The molecule has 32 heavy (non-hydrogen) atoms. The molecule has 0 fully saturated rings. The smallest absolute Gasteiger partial charge is 0.230 e. The maximum Gasteiger partial charge on any atom is 0.230 e. The molecular formula is C25H25N3O3S. The Bertz CT molecular complexity index is 1120. The van der Waals surface area contributed by atoms with Gasteiger partial charge in [-0.05, 0) is 29.5 Å². The van der Waals surface area contributed by atoms with Gasteiger partial charge in [0.2, 0.25) is 5.91 Å². The van der Waals surface area contributed by atoms with Crippen LogP contribution in [0.3, 0.4) is 0 Å². The first-order chi connectivity index (χ1) is 15.4. The second-order valence-corrected chi connectivity index (χ2v) is 9.80. The largest absolute Gasteiger partial charge is 0.468 e. The van der Waals surface area contributed by atoms with E-state index in [1.165, 1.54) is 11.8 Å². The van der Waals surface area contributed by atoms with Crippen molar-refractivity contribution in [1.29, 1.82) is 5.26 Å². The number of nitrogens with zero attached hydrogens (tertiary/aromatic N) is 1. The predicted octanol–water partition coefficient (Wildman–Crippen LogP) is 4.39. The Morgan fingerprint density at radius 1 is 1.25 bits per heavy atom. The molecule has 0 unspecified atom stereocenters. The van der Waals surface area contributed by atoms with Crippen molar-refractivity contribution >= 4 is 23.5 Å². The van der Waals surface area contributed by atoms with Gasteiger partial charge >= 0.3 is 0 Å². The lowest BCUT2D eigenvalue weighted by atomic mass is 9.70. The molecule has 1 aliphatic heterocycles. The highest BCUT2D eigenvalue weighted by molar-refractivity contribution is 8.03. The Morgan fingerprint density at radius 2 is 2.03 bits per heavy atom. The van der Waals surface area contributed by atoms with Crippen molar-refractivity contribution in [2.45, 2.75) is 39.2 Å². The number of amides is 1. The van der Waals surface area contributed by atoms with Crippen molar-refractivity contribution in [2.24, 2.45) is 5.41 Å². The lowest BCUT2D eigenvalue weighted by molar-refractivity contribution is -0.119. The Morgan fingerprint density at radius 3 is 2.72 bits per heavy atom. The van der Waals surface area contributed by atoms with Gasteiger partial charge in [-0.2, -0.15) is 5.26 Å². The number of nitriles is 1. The monoisotopic (exact) mass is 447 g/mol. The molecule has 164 valence electrons. The van der Waals surface area contributed by atoms with Crippen LogP contribution in [0.4, 0.5) is 0 Å². The number of hydrogen-bond acceptors (Lipinski definition) is 6. The van der Waals surface area contributed by atoms with Gasteiger partial charge in [-0.25, -0.2) is 0 Å². The zero-order valence-corrected chi connectivity index (χ0v) is 18.9. The normalized spacial score (nSPS) is 19.8. The Balaban J connectivity index is 1.56. The topological polar surface area (TPSA) is 95.1 Å². The van der Waals surface area contributed by atoms with Crippen molar-refractivity contribution in [3.8, 4) is 6.07 Å². The molecule has 1 amide bonds. The quantitative estimate of drug-likeness (QED) is 0.682. The van der Waals surface area contributed by atoms with Crippen molar-refractivity contribution in [3.63, 3.8) is 0 Å². The van der Waals surface area contributed by atoms with Gasteiger partial charge in [-0.15, -0.1) is 0 Å². The summed E-state index contributed by atoms with van der Waals surface area (Å²) in [5, 5.41) is 16.8. The Hall–Kier alpha value is -3.24. The number of allylic oxidation sites excluding steroid dienone is 3. The minimum atomic E-state index is -0.551. The van der Waals surface area contributed by atoms with Crippen molar-refractivity contribution < 1.29 is 14.0 Å². The number of rotatable bonds is 6. The highest BCUT2D eigenvalue weighted by Gasteiger charge is 2.42. The fourth-order valence-corrected chi connectivity index (χ4v) is 5.11. The number of hydrogen-bond donors (Lipinski definition) is 2. The molecule has 0 spiro atoms. The molecular weight excluding hydrogens is 422 g/mol. The molecule has 0 radical (unpaired) electrons. The van der Waals surface area contributed by atoms with Crippen LogP contribution >= 0.6 is 11.8 Å². The van der Waals surface area contributed by atoms with Crippen LogP contribution < -0.4 is 10.6 Å². The minimum absolute atomic E-state index is 0.0301. The van der Waals surface area contributed by atoms with E-state index in [0.29, 0.717) is 41.3 Å². The average Bonchev–Trinajstić information content (AvgIpc) is 3.29. The third kappa shape index (κ3) is 4.66. The zero-order valence-electron chi connectivity index (χ0n) is 18.1. The van der Waals surface area contributed by atoms with Crippen molar-refractivity contribution in [3.05, 3.63) is 81.9 Å². The number of Topliss-reactive ketones (excluding diaryl/α,β-unsaturated/α-hetero) is 1. The molecule has 0 saturated carbocycles. The first-order valence-electron chi connectivity index (χ1n) is 10.5. The standard InChI is InChI=1S/C25H25N3O3S/c1-25(2)11-18-23(19(29)12-25)22(20-9-6-10-31-20)17(13-26)24(28-18)32-15-21(30)27-14-16-7-4-3-5-8-16/h3-10,22,28H,11-12,14-15H2,1-2H3,(H,27,30)/t22-/m0/s1. The van der Waals surface area contributed by atoms with Crippen LogP contribution in [0.2, 0.25) is 0 Å². The number of dihydropyridines is 1. The third-order valence-electron chi connectivity index (χ3n) is 5.63. The van der Waals surface area contributed by atoms with Crippen LogP contribution in [-0.4, -0.2) is 17.4 Å². The van der Waals surface area contributed by atoms with E-state index in [4.69, 9.17) is 4.42 Å². The van der Waals surface area contributed by atoms with E-state index in [1.54, 1.807) is 18.4 Å². The molecule has 1 atom stereocenters. The molecule has 0 bridgehead atoms. The molecule has 6 nitrogen and oxygen atoms in total. The number of furan rings is 1. The number of nitrogens with one attached hydrogen (secondary N) is 2. The number of carbonyl (C=O) groups excluding carboxylic acids is 2. The molecule has 2 heterocycles. The number of benzene rings is 1. The molecule has 1 aliphatic carbocycles. The molecule has 2 aliphatic rings. The van der Waals surface area contributed by atoms with E-state index < -0.39 is 5.92 Å². The molecule has 7 heteroatoms. The molecule has 4 rings (SSSR count). The van der Waals surface area contributed by atoms with Gasteiger partial charge in [0, 0.05) is 24.2 Å². The SMILES string of the molecule is CC1(C)CC(=O)C2=C(C1)NC(SCC(=O)NCc1ccccc1)=C(C#N)[C@H]2c1ccco1. The second-order valence-electron chi connectivity index (χ2n) is 8.81. The zero-order chi connectivity index (χ0) is 22.7. The van der Waals surface area contributed by atoms with Gasteiger partial charge in [0.05, 0.1) is 34.6 Å². The van der Waals surface area contributed by atoms with Crippen LogP contribution in [0.15, 0.2) is 75.0 Å². The first-order valence-corrected chi connectivity index (χ1v) is 11.5. The molecule has 2 aromatic rings. The fourth-order valence-electron chi connectivity index (χ4n) is 4.22. The summed E-state index contributed by atoms with van der Waals surface area (Å²) in [7, 11) is 0. The van der Waals surface area contributed by atoms with E-state index in [1.807, 2.05) is 30.3 Å². The Labute approximate surface area is 191 Å². The summed E-state index contributed by atoms with van der Waals surface area (Å²) in [6.45, 7) is 4.57. The van der Waals surface area contributed by atoms with Gasteiger partial charge in [0.1, 0.15) is 5.76 Å². The van der Waals surface area contributed by atoms with Crippen LogP contribution in [0.25, 0.3) is 0 Å². The van der Waals surface area contributed by atoms with Gasteiger partial charge in [0.25, 0.3) is 0 Å². The average molecular weight is 448 g/mol. The summed E-state index contributed by atoms with van der Waals surface area (Å²) in [6, 6.07) is 15.5. The number of carbonyl (C=O) groups is 2. The first kappa shape index (κ1) is 22.0. The van der Waals surface area contributed by atoms with Crippen LogP contribution in [0, 0.1) is 16.7 Å². The molecule has 1 aromatic heterocycles. The van der Waals surface area contributed by atoms with Gasteiger partial charge in [-0.3, -0.25) is 9.59 Å². The number of ketones is 1. The van der Waals surface area contributed by atoms with Crippen molar-refractivity contribution in [1.82, 2.24) is 10.6 Å². The van der Waals surface area contributed by atoms with Crippen molar-refractivity contribution in [2.75, 3.05) is 5.75 Å². The van der Waals surface area contributed by atoms with E-state index in [0.717, 1.165) is 11.3 Å². The molecule has 1 aromatic carbocycles. The highest BCUT2D eigenvalue weighted by Crippen LogP contribution is 2.47. The summed E-state index contributed by atoms with van der Waals surface area (Å²) in [5.41, 5.74) is 2.68. The summed E-state index contributed by atoms with van der Waals surface area (Å²) >= 11 is 1.28. The van der Waals surface area contributed by atoms with Crippen LogP contribution in [-0.2, 0) is 16.1 Å². The van der Waals surface area contributed by atoms with E-state index in [9.17, 15) is 14.9 Å². The third-order valence-corrected chi connectivity index (χ3v) is 6.65. The van der Waals surface area contributed by atoms with E-state index in [2.05, 4.69) is 30.6 Å². The Kier molecular flexibility index (Phi) is 6.24. The maximum absolute atomic E-state index is 13.1. The van der Waals surface area contributed by atoms with Gasteiger partial charge in [-0.1, -0.05) is 55.9 Å². The van der Waals surface area contributed by atoms with E-state index >= 15 is 0 Å².